The summed E-state index contributed by atoms with van der Waals surface area (Å²) in [6, 6.07) is 1.55. The van der Waals surface area contributed by atoms with Crippen LogP contribution in [0.25, 0.3) is 11.3 Å². The SMILES string of the molecule is CCN(CC)C(=O)C[C@H](NC(=O)CCC(C)C)C(=O)N[C@@H](C)c1ncc(-c2ccc(F)cc2F)[nH]1. The van der Waals surface area contributed by atoms with Crippen LogP contribution < -0.4 is 10.6 Å². The Labute approximate surface area is 204 Å². The summed E-state index contributed by atoms with van der Waals surface area (Å²) in [5.41, 5.74) is 0.470. The summed E-state index contributed by atoms with van der Waals surface area (Å²) >= 11 is 0. The van der Waals surface area contributed by atoms with Crippen molar-refractivity contribution in [2.75, 3.05) is 13.1 Å². The highest BCUT2D eigenvalue weighted by Crippen LogP contribution is 2.23. The van der Waals surface area contributed by atoms with Gasteiger partial charge in [0.1, 0.15) is 23.5 Å². The first-order valence-corrected chi connectivity index (χ1v) is 11.9. The molecule has 2 aromatic rings. The Bertz CT molecular complexity index is 1020. The van der Waals surface area contributed by atoms with Crippen LogP contribution in [0, 0.1) is 17.6 Å². The van der Waals surface area contributed by atoms with Crippen molar-refractivity contribution >= 4 is 17.7 Å². The minimum absolute atomic E-state index is 0.142. The Balaban J connectivity index is 2.14. The number of benzene rings is 1. The second-order valence-electron chi connectivity index (χ2n) is 8.86. The molecule has 2 atom stereocenters. The Morgan fingerprint density at radius 3 is 2.37 bits per heavy atom. The van der Waals surface area contributed by atoms with Crippen LogP contribution in [0.1, 0.15) is 65.7 Å². The molecular weight excluding hydrogens is 456 g/mol. The minimum atomic E-state index is -1.05. The van der Waals surface area contributed by atoms with Gasteiger partial charge in [-0.05, 0) is 45.2 Å². The quantitative estimate of drug-likeness (QED) is 0.421. The van der Waals surface area contributed by atoms with E-state index in [2.05, 4.69) is 20.6 Å². The maximum atomic E-state index is 14.1. The third kappa shape index (κ3) is 8.15. The molecule has 2 rings (SSSR count). The highest BCUT2D eigenvalue weighted by atomic mass is 19.1. The Morgan fingerprint density at radius 2 is 1.77 bits per heavy atom. The minimum Gasteiger partial charge on any atom is -0.345 e. The topological polar surface area (TPSA) is 107 Å². The van der Waals surface area contributed by atoms with Crippen molar-refractivity contribution in [2.24, 2.45) is 5.92 Å². The zero-order chi connectivity index (χ0) is 26.1. The average Bonchev–Trinajstić information content (AvgIpc) is 3.28. The van der Waals surface area contributed by atoms with Crippen LogP contribution in [-0.2, 0) is 14.4 Å². The number of H-pyrrole nitrogens is 1. The van der Waals surface area contributed by atoms with E-state index in [1.807, 2.05) is 27.7 Å². The highest BCUT2D eigenvalue weighted by Gasteiger charge is 2.27. The number of amides is 3. The first kappa shape index (κ1) is 27.9. The van der Waals surface area contributed by atoms with E-state index < -0.39 is 29.6 Å². The van der Waals surface area contributed by atoms with E-state index in [0.29, 0.717) is 36.9 Å². The van der Waals surface area contributed by atoms with Gasteiger partial charge in [0.2, 0.25) is 17.7 Å². The van der Waals surface area contributed by atoms with E-state index in [-0.39, 0.29) is 30.2 Å². The fourth-order valence-corrected chi connectivity index (χ4v) is 3.56. The third-order valence-electron chi connectivity index (χ3n) is 5.68. The van der Waals surface area contributed by atoms with Crippen LogP contribution in [0.4, 0.5) is 8.78 Å². The number of hydrogen-bond acceptors (Lipinski definition) is 4. The van der Waals surface area contributed by atoms with Crippen LogP contribution >= 0.6 is 0 Å². The number of rotatable bonds is 12. The molecule has 0 aliphatic rings. The Hall–Kier alpha value is -3.30. The number of imidazole rings is 1. The maximum absolute atomic E-state index is 14.1. The summed E-state index contributed by atoms with van der Waals surface area (Å²) in [5, 5.41) is 5.46. The van der Waals surface area contributed by atoms with Gasteiger partial charge in [0, 0.05) is 31.1 Å². The summed E-state index contributed by atoms with van der Waals surface area (Å²) in [6.07, 6.45) is 2.14. The molecule has 0 unspecified atom stereocenters. The molecular formula is C25H35F2N5O3. The molecule has 0 saturated heterocycles. The van der Waals surface area contributed by atoms with Gasteiger partial charge in [-0.15, -0.1) is 0 Å². The largest absolute Gasteiger partial charge is 0.345 e. The number of aromatic amines is 1. The van der Waals surface area contributed by atoms with Crippen molar-refractivity contribution < 1.29 is 23.2 Å². The number of carbonyl (C=O) groups excluding carboxylic acids is 3. The van der Waals surface area contributed by atoms with Crippen molar-refractivity contribution in [3.05, 3.63) is 41.9 Å². The molecule has 35 heavy (non-hydrogen) atoms. The molecule has 1 aromatic heterocycles. The number of aromatic nitrogens is 2. The van der Waals surface area contributed by atoms with Gasteiger partial charge >= 0.3 is 0 Å². The average molecular weight is 492 g/mol. The van der Waals surface area contributed by atoms with Crippen LogP contribution in [-0.4, -0.2) is 51.7 Å². The monoisotopic (exact) mass is 491 g/mol. The van der Waals surface area contributed by atoms with Crippen molar-refractivity contribution in [2.45, 2.75) is 66.0 Å². The Kier molecular flexibility index (Phi) is 10.4. The van der Waals surface area contributed by atoms with Gasteiger partial charge in [-0.2, -0.15) is 0 Å². The van der Waals surface area contributed by atoms with Gasteiger partial charge in [0.05, 0.1) is 24.4 Å². The van der Waals surface area contributed by atoms with E-state index in [1.54, 1.807) is 11.8 Å². The molecule has 0 radical (unpaired) electrons. The number of hydrogen-bond donors (Lipinski definition) is 3. The molecule has 0 fully saturated rings. The van der Waals surface area contributed by atoms with Gasteiger partial charge in [-0.25, -0.2) is 13.8 Å². The van der Waals surface area contributed by atoms with Gasteiger partial charge in [0.15, 0.2) is 0 Å². The van der Waals surface area contributed by atoms with Gasteiger partial charge in [-0.1, -0.05) is 13.8 Å². The molecule has 10 heteroatoms. The number of nitrogens with one attached hydrogen (secondary N) is 3. The fourth-order valence-electron chi connectivity index (χ4n) is 3.56. The molecule has 1 heterocycles. The van der Waals surface area contributed by atoms with Crippen molar-refractivity contribution in [3.63, 3.8) is 0 Å². The van der Waals surface area contributed by atoms with E-state index in [0.717, 1.165) is 12.1 Å². The lowest BCUT2D eigenvalue weighted by Crippen LogP contribution is -2.50. The van der Waals surface area contributed by atoms with E-state index >= 15 is 0 Å². The van der Waals surface area contributed by atoms with Gasteiger partial charge < -0.3 is 20.5 Å². The van der Waals surface area contributed by atoms with Crippen molar-refractivity contribution in [3.8, 4) is 11.3 Å². The van der Waals surface area contributed by atoms with Crippen molar-refractivity contribution in [1.82, 2.24) is 25.5 Å². The predicted molar refractivity (Wildman–Crippen MR) is 129 cm³/mol. The lowest BCUT2D eigenvalue weighted by Gasteiger charge is -2.24. The molecule has 3 amide bonds. The van der Waals surface area contributed by atoms with E-state index in [4.69, 9.17) is 0 Å². The number of nitrogens with zero attached hydrogens (tertiary/aromatic N) is 2. The normalized spacial score (nSPS) is 12.8. The maximum Gasteiger partial charge on any atom is 0.243 e. The molecule has 0 aliphatic carbocycles. The number of carbonyl (C=O) groups is 3. The van der Waals surface area contributed by atoms with Gasteiger partial charge in [0.25, 0.3) is 0 Å². The summed E-state index contributed by atoms with van der Waals surface area (Å²) < 4.78 is 27.3. The standard InChI is InChI=1S/C25H35F2N5O3/c1-6-32(7-2)23(34)13-20(30-22(33)11-8-15(3)4)25(35)29-16(5)24-28-14-21(31-24)18-10-9-17(26)12-19(18)27/h9-10,12,14-16,20H,6-8,11,13H2,1-5H3,(H,28,31)(H,29,35)(H,30,33)/t16-,20-/m0/s1. The summed E-state index contributed by atoms with van der Waals surface area (Å²) in [6.45, 7) is 10.4. The molecule has 0 aliphatic heterocycles. The Morgan fingerprint density at radius 1 is 1.09 bits per heavy atom. The first-order chi connectivity index (χ1) is 16.5. The lowest BCUT2D eigenvalue weighted by atomic mass is 10.1. The van der Waals surface area contributed by atoms with Crippen LogP contribution in [0.2, 0.25) is 0 Å². The molecule has 8 nitrogen and oxygen atoms in total. The smallest absolute Gasteiger partial charge is 0.243 e. The van der Waals surface area contributed by atoms with Gasteiger partial charge in [-0.3, -0.25) is 14.4 Å². The summed E-state index contributed by atoms with van der Waals surface area (Å²) in [7, 11) is 0. The summed E-state index contributed by atoms with van der Waals surface area (Å²) in [5.74, 6) is -1.82. The van der Waals surface area contributed by atoms with E-state index in [1.165, 1.54) is 12.3 Å². The van der Waals surface area contributed by atoms with Crippen LogP contribution in [0.15, 0.2) is 24.4 Å². The second kappa shape index (κ2) is 13.0. The predicted octanol–water partition coefficient (Wildman–Crippen LogP) is 3.71. The molecule has 0 bridgehead atoms. The molecule has 0 saturated carbocycles. The lowest BCUT2D eigenvalue weighted by molar-refractivity contribution is -0.136. The van der Waals surface area contributed by atoms with Crippen molar-refractivity contribution in [1.29, 1.82) is 0 Å². The zero-order valence-corrected chi connectivity index (χ0v) is 21.0. The molecule has 1 aromatic carbocycles. The van der Waals surface area contributed by atoms with E-state index in [9.17, 15) is 23.2 Å². The second-order valence-corrected chi connectivity index (χ2v) is 8.86. The third-order valence-corrected chi connectivity index (χ3v) is 5.68. The first-order valence-electron chi connectivity index (χ1n) is 11.9. The van der Waals surface area contributed by atoms with Crippen LogP contribution in [0.5, 0.6) is 0 Å². The molecule has 0 spiro atoms. The highest BCUT2D eigenvalue weighted by molar-refractivity contribution is 5.92. The molecule has 192 valence electrons. The number of halogens is 2. The molecule has 3 N–H and O–H groups in total. The van der Waals surface area contributed by atoms with Crippen LogP contribution in [0.3, 0.4) is 0 Å². The zero-order valence-electron chi connectivity index (χ0n) is 21.0. The fraction of sp³-hybridized carbons (Fsp3) is 0.520. The summed E-state index contributed by atoms with van der Waals surface area (Å²) in [4.78, 5) is 46.9.